The number of piperazine rings is 1. The first-order valence-electron chi connectivity index (χ1n) is 10.3. The Bertz CT molecular complexity index is 1210. The first-order chi connectivity index (χ1) is 14.9. The molecule has 0 saturated carbocycles. The predicted molar refractivity (Wildman–Crippen MR) is 126 cm³/mol. The summed E-state index contributed by atoms with van der Waals surface area (Å²) >= 11 is 3.73. The molecule has 0 amide bonds. The highest BCUT2D eigenvalue weighted by atomic mass is 79.9. The molecule has 0 N–H and O–H groups in total. The minimum absolute atomic E-state index is 0.00390. The largest absolute Gasteiger partial charge is 0.369 e. The Morgan fingerprint density at radius 2 is 1.58 bits per heavy atom. The molecule has 0 aliphatic carbocycles. The quantitative estimate of drug-likeness (QED) is 0.492. The molecule has 3 aromatic carbocycles. The zero-order chi connectivity index (χ0) is 21.6. The van der Waals surface area contributed by atoms with Gasteiger partial charge in [0.15, 0.2) is 0 Å². The number of halogens is 2. The molecule has 0 bridgehead atoms. The van der Waals surface area contributed by atoms with E-state index in [0.29, 0.717) is 11.4 Å². The number of benzene rings is 3. The molecule has 1 saturated heterocycles. The Morgan fingerprint density at radius 3 is 2.29 bits per heavy atom. The normalized spacial score (nSPS) is 19.2. The maximum atomic E-state index is 13.2. The average Bonchev–Trinajstić information content (AvgIpc) is 2.98. The van der Waals surface area contributed by atoms with Crippen molar-refractivity contribution in [1.82, 2.24) is 4.90 Å². The fraction of sp³-hybridized carbons (Fsp3) is 0.304. The smallest absolute Gasteiger partial charge is 0.265 e. The van der Waals surface area contributed by atoms with Crippen molar-refractivity contribution < 1.29 is 12.8 Å². The van der Waals surface area contributed by atoms with E-state index in [1.807, 2.05) is 36.4 Å². The van der Waals surface area contributed by atoms with E-state index in [-0.39, 0.29) is 10.6 Å². The summed E-state index contributed by atoms with van der Waals surface area (Å²) in [5.41, 5.74) is 1.80. The van der Waals surface area contributed by atoms with Crippen LogP contribution in [0.25, 0.3) is 10.8 Å². The Morgan fingerprint density at radius 1 is 0.903 bits per heavy atom. The van der Waals surface area contributed by atoms with Crippen molar-refractivity contribution in [2.45, 2.75) is 9.72 Å². The van der Waals surface area contributed by atoms with Crippen molar-refractivity contribution in [1.29, 1.82) is 0 Å². The molecule has 31 heavy (non-hydrogen) atoms. The van der Waals surface area contributed by atoms with E-state index >= 15 is 0 Å². The number of hydrogen-bond donors (Lipinski definition) is 0. The lowest BCUT2D eigenvalue weighted by atomic mass is 10.1. The molecule has 5 nitrogen and oxygen atoms in total. The van der Waals surface area contributed by atoms with Crippen LogP contribution in [-0.4, -0.2) is 57.4 Å². The highest BCUT2D eigenvalue weighted by Gasteiger charge is 2.36. The highest BCUT2D eigenvalue weighted by Crippen LogP contribution is 2.42. The zero-order valence-electron chi connectivity index (χ0n) is 16.9. The monoisotopic (exact) mass is 503 g/mol. The van der Waals surface area contributed by atoms with Gasteiger partial charge < -0.3 is 4.90 Å². The van der Waals surface area contributed by atoms with Gasteiger partial charge in [-0.1, -0.05) is 40.2 Å². The second kappa shape index (κ2) is 8.07. The topological polar surface area (TPSA) is 43.9 Å². The highest BCUT2D eigenvalue weighted by molar-refractivity contribution is 9.09. The molecular formula is C23H23BrFN3O2S. The third-order valence-electron chi connectivity index (χ3n) is 6.07. The van der Waals surface area contributed by atoms with Crippen LogP contribution in [0.2, 0.25) is 0 Å². The molecule has 0 aromatic heterocycles. The van der Waals surface area contributed by atoms with Gasteiger partial charge >= 0.3 is 0 Å². The van der Waals surface area contributed by atoms with Gasteiger partial charge in [0.1, 0.15) is 5.82 Å². The Kier molecular flexibility index (Phi) is 5.40. The van der Waals surface area contributed by atoms with Crippen LogP contribution >= 0.6 is 15.9 Å². The van der Waals surface area contributed by atoms with Crippen LogP contribution in [0.5, 0.6) is 0 Å². The summed E-state index contributed by atoms with van der Waals surface area (Å²) < 4.78 is 41.1. The number of sulfonamides is 1. The molecular weight excluding hydrogens is 481 g/mol. The number of hydrogen-bond acceptors (Lipinski definition) is 4. The zero-order valence-corrected chi connectivity index (χ0v) is 19.3. The molecule has 2 aliphatic rings. The first kappa shape index (κ1) is 20.7. The van der Waals surface area contributed by atoms with E-state index in [0.717, 1.165) is 54.9 Å². The van der Waals surface area contributed by atoms with Gasteiger partial charge in [-0.2, -0.15) is 0 Å². The number of alkyl halides is 1. The van der Waals surface area contributed by atoms with Crippen molar-refractivity contribution >= 4 is 48.1 Å². The Balaban J connectivity index is 1.24. The Labute approximate surface area is 190 Å². The van der Waals surface area contributed by atoms with E-state index in [9.17, 15) is 12.8 Å². The molecule has 8 heteroatoms. The van der Waals surface area contributed by atoms with Crippen molar-refractivity contribution in [3.05, 3.63) is 66.5 Å². The summed E-state index contributed by atoms with van der Waals surface area (Å²) in [6.45, 7) is 4.62. The van der Waals surface area contributed by atoms with Gasteiger partial charge in [-0.05, 0) is 41.8 Å². The summed E-state index contributed by atoms with van der Waals surface area (Å²) in [5.74, 6) is -0.223. The van der Waals surface area contributed by atoms with Gasteiger partial charge in [0.25, 0.3) is 10.0 Å². The molecule has 5 rings (SSSR count). The van der Waals surface area contributed by atoms with E-state index in [2.05, 4.69) is 25.7 Å². The van der Waals surface area contributed by atoms with Gasteiger partial charge in [-0.15, -0.1) is 0 Å². The lowest BCUT2D eigenvalue weighted by Gasteiger charge is -2.37. The molecule has 3 aromatic rings. The molecule has 1 atom stereocenters. The van der Waals surface area contributed by atoms with E-state index < -0.39 is 10.0 Å². The molecule has 2 heterocycles. The minimum atomic E-state index is -3.54. The van der Waals surface area contributed by atoms with Crippen LogP contribution < -0.4 is 9.21 Å². The fourth-order valence-corrected chi connectivity index (χ4v) is 7.16. The van der Waals surface area contributed by atoms with E-state index in [4.69, 9.17) is 0 Å². The second-order valence-electron chi connectivity index (χ2n) is 8.03. The number of anilines is 2. The molecule has 1 unspecified atom stereocenters. The van der Waals surface area contributed by atoms with Crippen LogP contribution in [0.4, 0.5) is 15.8 Å². The summed E-state index contributed by atoms with van der Waals surface area (Å²) in [6, 6.07) is 17.8. The van der Waals surface area contributed by atoms with Crippen molar-refractivity contribution in [3.63, 3.8) is 0 Å². The summed E-state index contributed by atoms with van der Waals surface area (Å²) in [6.07, 6.45) is 0. The van der Waals surface area contributed by atoms with Crippen molar-refractivity contribution in [3.8, 4) is 0 Å². The van der Waals surface area contributed by atoms with Gasteiger partial charge in [-0.25, -0.2) is 12.8 Å². The van der Waals surface area contributed by atoms with Crippen molar-refractivity contribution in [2.75, 3.05) is 48.5 Å². The van der Waals surface area contributed by atoms with Crippen LogP contribution in [-0.2, 0) is 10.0 Å². The summed E-state index contributed by atoms with van der Waals surface area (Å²) in [4.78, 5) is 4.99. The lowest BCUT2D eigenvalue weighted by Crippen LogP contribution is -2.49. The lowest BCUT2D eigenvalue weighted by molar-refractivity contribution is 0.260. The predicted octanol–water partition coefficient (Wildman–Crippen LogP) is 4.07. The number of rotatable bonds is 5. The Hall–Kier alpha value is -2.16. The van der Waals surface area contributed by atoms with Crippen molar-refractivity contribution in [2.24, 2.45) is 0 Å². The third-order valence-corrected chi connectivity index (χ3v) is 8.47. The summed E-state index contributed by atoms with van der Waals surface area (Å²) in [5, 5.41) is 1.77. The van der Waals surface area contributed by atoms with E-state index in [1.165, 1.54) is 12.1 Å². The maximum absolute atomic E-state index is 13.2. The molecule has 0 radical (unpaired) electrons. The van der Waals surface area contributed by atoms with E-state index in [1.54, 1.807) is 16.4 Å². The SMILES string of the molecule is O=S1(=O)c2cccc3cccc(c23)N1CC(Br)CN1CCN(c2ccc(F)cc2)CC1. The van der Waals surface area contributed by atoms with Crippen LogP contribution in [0.1, 0.15) is 0 Å². The van der Waals surface area contributed by atoms with Crippen LogP contribution in [0, 0.1) is 5.82 Å². The average molecular weight is 504 g/mol. The van der Waals surface area contributed by atoms with Gasteiger partial charge in [0.2, 0.25) is 0 Å². The first-order valence-corrected chi connectivity index (χ1v) is 12.7. The maximum Gasteiger partial charge on any atom is 0.265 e. The van der Waals surface area contributed by atoms with Gasteiger partial charge in [-0.3, -0.25) is 9.21 Å². The molecule has 1 fully saturated rings. The van der Waals surface area contributed by atoms with Gasteiger partial charge in [0.05, 0.1) is 10.6 Å². The second-order valence-corrected chi connectivity index (χ2v) is 11.2. The molecule has 162 valence electrons. The standard InChI is InChI=1S/C23H23BrFN3O2S/c24-18(15-26-11-13-27(14-12-26)20-9-7-19(25)8-10-20)16-28-21-5-1-3-17-4-2-6-22(23(17)21)31(28,29)30/h1-10,18H,11-16H2. The fourth-order valence-electron chi connectivity index (χ4n) is 4.51. The van der Waals surface area contributed by atoms with Gasteiger partial charge in [0, 0.05) is 55.2 Å². The van der Waals surface area contributed by atoms with Crippen LogP contribution in [0.3, 0.4) is 0 Å². The summed E-state index contributed by atoms with van der Waals surface area (Å²) in [7, 11) is -3.54. The van der Waals surface area contributed by atoms with Crippen LogP contribution in [0.15, 0.2) is 65.6 Å². The third kappa shape index (κ3) is 3.81. The molecule has 0 spiro atoms. The minimum Gasteiger partial charge on any atom is -0.369 e. The molecule has 2 aliphatic heterocycles. The number of nitrogens with zero attached hydrogens (tertiary/aromatic N) is 3.